The van der Waals surface area contributed by atoms with Crippen LogP contribution in [0, 0.1) is 0 Å². The predicted octanol–water partition coefficient (Wildman–Crippen LogP) is 5.02. The number of thioether (sulfide) groups is 1. The van der Waals surface area contributed by atoms with E-state index in [2.05, 4.69) is 4.90 Å². The Hall–Kier alpha value is -1.86. The van der Waals surface area contributed by atoms with Gasteiger partial charge in [0, 0.05) is 32.3 Å². The van der Waals surface area contributed by atoms with Crippen molar-refractivity contribution in [3.05, 3.63) is 34.6 Å². The molecule has 180 valence electrons. The maximum atomic E-state index is 13.6. The summed E-state index contributed by atoms with van der Waals surface area (Å²) in [5.41, 5.74) is 0.653. The molecule has 0 radical (unpaired) electrons. The second-order valence-corrected chi connectivity index (χ2v) is 10.3. The molecular weight excluding hydrogens is 434 g/mol. The van der Waals surface area contributed by atoms with Gasteiger partial charge in [0.25, 0.3) is 5.56 Å². The van der Waals surface area contributed by atoms with Gasteiger partial charge in [-0.25, -0.2) is 4.98 Å². The number of aromatic nitrogens is 2. The van der Waals surface area contributed by atoms with Gasteiger partial charge in [-0.3, -0.25) is 14.2 Å². The van der Waals surface area contributed by atoms with Crippen molar-refractivity contribution in [3.63, 3.8) is 0 Å². The van der Waals surface area contributed by atoms with Crippen molar-refractivity contribution in [1.29, 1.82) is 0 Å². The number of benzene rings is 1. The monoisotopic (exact) mass is 471 g/mol. The van der Waals surface area contributed by atoms with E-state index in [4.69, 9.17) is 9.72 Å². The lowest BCUT2D eigenvalue weighted by molar-refractivity contribution is -0.135. The zero-order chi connectivity index (χ0) is 23.0. The summed E-state index contributed by atoms with van der Waals surface area (Å²) in [6.07, 6.45) is 12.7. The minimum Gasteiger partial charge on any atom is -0.385 e. The van der Waals surface area contributed by atoms with E-state index in [1.54, 1.807) is 11.7 Å². The number of fused-ring (bicyclic) bond motifs is 1. The van der Waals surface area contributed by atoms with E-state index in [1.165, 1.54) is 50.3 Å². The van der Waals surface area contributed by atoms with Crippen molar-refractivity contribution in [2.75, 3.05) is 19.5 Å². The lowest BCUT2D eigenvalue weighted by Gasteiger charge is -2.41. The zero-order valence-corrected chi connectivity index (χ0v) is 20.7. The standard InChI is InChI=1S/C26H37N3O3S/c1-32-18-10-17-28-25(31)22-15-8-9-16-23(22)27-26(28)33-19-24(30)29(20-11-4-2-5-12-20)21-13-6-3-7-14-21/h8-9,15-16,20-21H,2-7,10-14,17-19H2,1H3. The van der Waals surface area contributed by atoms with E-state index in [9.17, 15) is 9.59 Å². The molecule has 2 saturated carbocycles. The summed E-state index contributed by atoms with van der Waals surface area (Å²) in [6, 6.07) is 8.22. The van der Waals surface area contributed by atoms with Gasteiger partial charge in [0.15, 0.2) is 5.16 Å². The molecule has 1 aromatic heterocycles. The zero-order valence-electron chi connectivity index (χ0n) is 19.8. The van der Waals surface area contributed by atoms with E-state index in [0.717, 1.165) is 32.1 Å². The van der Waals surface area contributed by atoms with Crippen LogP contribution in [0.3, 0.4) is 0 Å². The average molecular weight is 472 g/mol. The molecule has 0 unspecified atom stereocenters. The SMILES string of the molecule is COCCCn1c(SCC(=O)N(C2CCCCC2)C2CCCCC2)nc2ccccc2c1=O. The molecular formula is C26H37N3O3S. The van der Waals surface area contributed by atoms with Crippen molar-refractivity contribution in [2.24, 2.45) is 0 Å². The first-order valence-corrected chi connectivity index (χ1v) is 13.6. The minimum atomic E-state index is -0.0388. The number of amides is 1. The van der Waals surface area contributed by atoms with Crippen LogP contribution in [0.5, 0.6) is 0 Å². The summed E-state index contributed by atoms with van der Waals surface area (Å²) < 4.78 is 6.92. The fourth-order valence-electron chi connectivity index (χ4n) is 5.45. The van der Waals surface area contributed by atoms with E-state index in [1.807, 2.05) is 24.3 Å². The van der Waals surface area contributed by atoms with Gasteiger partial charge in [0.05, 0.1) is 16.7 Å². The van der Waals surface area contributed by atoms with Crippen molar-refractivity contribution < 1.29 is 9.53 Å². The third-order valence-corrected chi connectivity index (χ3v) is 8.07. The van der Waals surface area contributed by atoms with Crippen LogP contribution in [0.2, 0.25) is 0 Å². The topological polar surface area (TPSA) is 64.4 Å². The molecule has 0 spiro atoms. The Morgan fingerprint density at radius 2 is 1.70 bits per heavy atom. The number of rotatable bonds is 9. The second kappa shape index (κ2) is 12.0. The third kappa shape index (κ3) is 5.99. The Morgan fingerprint density at radius 3 is 2.33 bits per heavy atom. The van der Waals surface area contributed by atoms with Crippen molar-refractivity contribution >= 4 is 28.6 Å². The highest BCUT2D eigenvalue weighted by molar-refractivity contribution is 7.99. The lowest BCUT2D eigenvalue weighted by atomic mass is 9.88. The van der Waals surface area contributed by atoms with Crippen LogP contribution in [0.25, 0.3) is 10.9 Å². The summed E-state index contributed by atoms with van der Waals surface area (Å²) >= 11 is 1.42. The predicted molar refractivity (Wildman–Crippen MR) is 134 cm³/mol. The Labute approximate surface area is 201 Å². The number of para-hydroxylation sites is 1. The summed E-state index contributed by atoms with van der Waals surface area (Å²) in [6.45, 7) is 1.12. The van der Waals surface area contributed by atoms with Crippen LogP contribution in [0.4, 0.5) is 0 Å². The molecule has 33 heavy (non-hydrogen) atoms. The summed E-state index contributed by atoms with van der Waals surface area (Å²) in [5.74, 6) is 0.548. The van der Waals surface area contributed by atoms with Gasteiger partial charge in [0.1, 0.15) is 0 Å². The molecule has 0 aliphatic heterocycles. The first-order chi connectivity index (χ1) is 16.2. The molecule has 1 heterocycles. The summed E-state index contributed by atoms with van der Waals surface area (Å²) in [7, 11) is 1.67. The lowest BCUT2D eigenvalue weighted by Crippen LogP contribution is -2.49. The number of carbonyl (C=O) groups excluding carboxylic acids is 1. The molecule has 0 saturated heterocycles. The van der Waals surface area contributed by atoms with Gasteiger partial charge >= 0.3 is 0 Å². The van der Waals surface area contributed by atoms with E-state index in [0.29, 0.717) is 47.0 Å². The smallest absolute Gasteiger partial charge is 0.262 e. The summed E-state index contributed by atoms with van der Waals surface area (Å²) in [5, 5.41) is 1.26. The molecule has 2 aromatic rings. The van der Waals surface area contributed by atoms with Crippen LogP contribution < -0.4 is 5.56 Å². The minimum absolute atomic E-state index is 0.0388. The van der Waals surface area contributed by atoms with Crippen LogP contribution >= 0.6 is 11.8 Å². The highest BCUT2D eigenvalue weighted by atomic mass is 32.2. The summed E-state index contributed by atoms with van der Waals surface area (Å²) in [4.78, 5) is 33.8. The quantitative estimate of drug-likeness (QED) is 0.292. The molecule has 7 heteroatoms. The molecule has 4 rings (SSSR count). The van der Waals surface area contributed by atoms with Crippen molar-refractivity contribution in [3.8, 4) is 0 Å². The fourth-order valence-corrected chi connectivity index (χ4v) is 6.34. The molecule has 2 aliphatic carbocycles. The van der Waals surface area contributed by atoms with Crippen LogP contribution in [-0.2, 0) is 16.1 Å². The first-order valence-electron chi connectivity index (χ1n) is 12.6. The molecule has 6 nitrogen and oxygen atoms in total. The highest BCUT2D eigenvalue weighted by Crippen LogP contribution is 2.31. The van der Waals surface area contributed by atoms with Gasteiger partial charge < -0.3 is 9.64 Å². The largest absolute Gasteiger partial charge is 0.385 e. The normalized spacial score (nSPS) is 18.0. The van der Waals surface area contributed by atoms with E-state index >= 15 is 0 Å². The molecule has 1 amide bonds. The first kappa shape index (κ1) is 24.3. The maximum Gasteiger partial charge on any atom is 0.262 e. The van der Waals surface area contributed by atoms with E-state index < -0.39 is 0 Å². The Bertz CT molecular complexity index is 962. The van der Waals surface area contributed by atoms with Gasteiger partial charge in [-0.05, 0) is 44.2 Å². The number of hydrogen-bond acceptors (Lipinski definition) is 5. The average Bonchev–Trinajstić information content (AvgIpc) is 2.86. The van der Waals surface area contributed by atoms with Crippen LogP contribution in [0.1, 0.15) is 70.6 Å². The Kier molecular flexibility index (Phi) is 8.84. The number of ether oxygens (including phenoxy) is 1. The van der Waals surface area contributed by atoms with E-state index in [-0.39, 0.29) is 11.5 Å². The van der Waals surface area contributed by atoms with Crippen molar-refractivity contribution in [2.45, 2.75) is 94.4 Å². The molecule has 2 aliphatic rings. The molecule has 0 N–H and O–H groups in total. The van der Waals surface area contributed by atoms with Crippen LogP contribution in [-0.4, -0.2) is 51.9 Å². The molecule has 2 fully saturated rings. The number of methoxy groups -OCH3 is 1. The molecule has 1 aromatic carbocycles. The highest BCUT2D eigenvalue weighted by Gasteiger charge is 2.32. The number of carbonyl (C=O) groups is 1. The number of hydrogen-bond donors (Lipinski definition) is 0. The molecule has 0 bridgehead atoms. The van der Waals surface area contributed by atoms with Gasteiger partial charge in [-0.15, -0.1) is 0 Å². The maximum absolute atomic E-state index is 13.6. The van der Waals surface area contributed by atoms with Gasteiger partial charge in [0.2, 0.25) is 5.91 Å². The molecule has 0 atom stereocenters. The Morgan fingerprint density at radius 1 is 1.06 bits per heavy atom. The van der Waals surface area contributed by atoms with Gasteiger partial charge in [-0.2, -0.15) is 0 Å². The third-order valence-electron chi connectivity index (χ3n) is 7.11. The second-order valence-electron chi connectivity index (χ2n) is 9.39. The fraction of sp³-hybridized carbons (Fsp3) is 0.654. The number of nitrogens with zero attached hydrogens (tertiary/aromatic N) is 3. The van der Waals surface area contributed by atoms with Crippen molar-refractivity contribution in [1.82, 2.24) is 14.5 Å². The van der Waals surface area contributed by atoms with Gasteiger partial charge in [-0.1, -0.05) is 62.4 Å². The van der Waals surface area contributed by atoms with Crippen LogP contribution in [0.15, 0.2) is 34.2 Å². The Balaban J connectivity index is 1.55.